The van der Waals surface area contributed by atoms with Gasteiger partial charge < -0.3 is 10.6 Å². The Hall–Kier alpha value is -4.74. The van der Waals surface area contributed by atoms with E-state index >= 15 is 0 Å². The zero-order valence-electron chi connectivity index (χ0n) is 23.9. The van der Waals surface area contributed by atoms with Gasteiger partial charge in [-0.2, -0.15) is 0 Å². The quantitative estimate of drug-likeness (QED) is 0.215. The van der Waals surface area contributed by atoms with Gasteiger partial charge in [-0.3, -0.25) is 50.5 Å². The van der Waals surface area contributed by atoms with Gasteiger partial charge in [0.15, 0.2) is 0 Å². The highest BCUT2D eigenvalue weighted by atomic mass is 16.2. The van der Waals surface area contributed by atoms with Crippen LogP contribution in [-0.4, -0.2) is 35.4 Å². The number of benzene rings is 2. The maximum atomic E-state index is 12.1. The number of nitrogens with one attached hydrogen (secondary N) is 6. The molecule has 0 saturated heterocycles. The number of hydrazine groups is 2. The lowest BCUT2D eigenvalue weighted by atomic mass is 10.1. The fourth-order valence-corrected chi connectivity index (χ4v) is 3.73. The molecular formula is C29H38N6O6. The second-order valence-corrected chi connectivity index (χ2v) is 9.78. The lowest BCUT2D eigenvalue weighted by Gasteiger charge is -2.10. The highest BCUT2D eigenvalue weighted by Gasteiger charge is 2.12. The highest BCUT2D eigenvalue weighted by molar-refractivity contribution is 5.95. The summed E-state index contributed by atoms with van der Waals surface area (Å²) in [7, 11) is 0. The molecule has 0 radical (unpaired) electrons. The van der Waals surface area contributed by atoms with E-state index in [4.69, 9.17) is 0 Å². The molecule has 41 heavy (non-hydrogen) atoms. The summed E-state index contributed by atoms with van der Waals surface area (Å²) >= 11 is 0. The molecule has 0 saturated carbocycles. The Morgan fingerprint density at radius 1 is 0.463 bits per heavy atom. The van der Waals surface area contributed by atoms with Crippen molar-refractivity contribution in [3.05, 3.63) is 58.7 Å². The third kappa shape index (κ3) is 12.8. The molecule has 0 heterocycles. The maximum absolute atomic E-state index is 12.1. The number of hydrogen-bond donors (Lipinski definition) is 6. The van der Waals surface area contributed by atoms with Gasteiger partial charge >= 0.3 is 0 Å². The fraction of sp³-hybridized carbons (Fsp3) is 0.379. The van der Waals surface area contributed by atoms with Gasteiger partial charge in [0.2, 0.25) is 35.4 Å². The van der Waals surface area contributed by atoms with Crippen LogP contribution < -0.4 is 32.3 Å². The van der Waals surface area contributed by atoms with E-state index in [1.165, 1.54) is 0 Å². The first-order valence-corrected chi connectivity index (χ1v) is 13.3. The van der Waals surface area contributed by atoms with Crippen LogP contribution in [0.15, 0.2) is 36.4 Å². The van der Waals surface area contributed by atoms with Crippen LogP contribution in [0, 0.1) is 27.7 Å². The molecule has 0 aliphatic rings. The van der Waals surface area contributed by atoms with Crippen molar-refractivity contribution in [2.24, 2.45) is 0 Å². The minimum Gasteiger partial charge on any atom is -0.326 e. The van der Waals surface area contributed by atoms with Crippen LogP contribution in [0.4, 0.5) is 11.4 Å². The van der Waals surface area contributed by atoms with Crippen molar-refractivity contribution in [3.63, 3.8) is 0 Å². The van der Waals surface area contributed by atoms with E-state index in [-0.39, 0.29) is 56.8 Å². The van der Waals surface area contributed by atoms with Crippen molar-refractivity contribution in [1.82, 2.24) is 21.7 Å². The van der Waals surface area contributed by atoms with E-state index in [2.05, 4.69) is 32.3 Å². The first kappa shape index (κ1) is 32.5. The molecule has 0 spiro atoms. The number of hydrogen-bond acceptors (Lipinski definition) is 6. The second kappa shape index (κ2) is 16.4. The summed E-state index contributed by atoms with van der Waals surface area (Å²) in [5, 5.41) is 5.50. The first-order valence-electron chi connectivity index (χ1n) is 13.3. The zero-order valence-corrected chi connectivity index (χ0v) is 23.9. The first-order chi connectivity index (χ1) is 19.4. The molecule has 0 aliphatic carbocycles. The van der Waals surface area contributed by atoms with E-state index in [0.717, 1.165) is 22.3 Å². The average Bonchev–Trinajstić information content (AvgIpc) is 2.91. The molecule has 2 aromatic rings. The molecule has 0 aromatic heterocycles. The lowest BCUT2D eigenvalue weighted by molar-refractivity contribution is -0.130. The van der Waals surface area contributed by atoms with Crippen molar-refractivity contribution in [1.29, 1.82) is 0 Å². The van der Waals surface area contributed by atoms with Gasteiger partial charge in [0.05, 0.1) is 0 Å². The number of carbonyl (C=O) groups excluding carboxylic acids is 6. The summed E-state index contributed by atoms with van der Waals surface area (Å²) in [5.41, 5.74) is 14.3. The predicted octanol–water partition coefficient (Wildman–Crippen LogP) is 2.52. The third-order valence-electron chi connectivity index (χ3n) is 5.96. The molecule has 2 aromatic carbocycles. The van der Waals surface area contributed by atoms with Crippen LogP contribution in [0.1, 0.15) is 67.2 Å². The summed E-state index contributed by atoms with van der Waals surface area (Å²) in [5.74, 6) is -2.72. The summed E-state index contributed by atoms with van der Waals surface area (Å²) in [6, 6.07) is 11.2. The highest BCUT2D eigenvalue weighted by Crippen LogP contribution is 2.17. The van der Waals surface area contributed by atoms with Gasteiger partial charge in [-0.1, -0.05) is 35.4 Å². The molecule has 0 atom stereocenters. The average molecular weight is 567 g/mol. The van der Waals surface area contributed by atoms with Crippen molar-refractivity contribution >= 4 is 46.8 Å². The molecule has 6 amide bonds. The van der Waals surface area contributed by atoms with Crippen molar-refractivity contribution in [2.75, 3.05) is 10.6 Å². The van der Waals surface area contributed by atoms with Crippen LogP contribution in [0.3, 0.4) is 0 Å². The smallest absolute Gasteiger partial charge is 0.238 e. The van der Waals surface area contributed by atoms with Gasteiger partial charge in [-0.05, 0) is 57.4 Å². The van der Waals surface area contributed by atoms with Gasteiger partial charge in [0.1, 0.15) is 0 Å². The molecule has 0 fully saturated rings. The zero-order chi connectivity index (χ0) is 30.4. The topological polar surface area (TPSA) is 175 Å². The van der Waals surface area contributed by atoms with Gasteiger partial charge in [-0.15, -0.1) is 0 Å². The Labute approximate surface area is 239 Å². The summed E-state index contributed by atoms with van der Waals surface area (Å²) < 4.78 is 0. The standard InChI is InChI=1S/C29H38N6O6/c1-18-8-10-22(20(3)16-18)30-24(36)12-14-28(40)34-32-26(38)6-5-7-27(39)33-35-29(41)15-13-25(37)31-23-11-9-19(2)17-21(23)4/h8-11,16-17H,5-7,12-15H2,1-4H3,(H,30,36)(H,31,37)(H,32,38)(H,33,39)(H,34,40)(H,35,41). The fourth-order valence-electron chi connectivity index (χ4n) is 3.73. The molecule has 2 rings (SSSR count). The monoisotopic (exact) mass is 566 g/mol. The van der Waals surface area contributed by atoms with Crippen molar-refractivity contribution in [2.45, 2.75) is 72.6 Å². The van der Waals surface area contributed by atoms with Gasteiger partial charge in [0, 0.05) is 49.9 Å². The van der Waals surface area contributed by atoms with Crippen molar-refractivity contribution in [3.8, 4) is 0 Å². The molecule has 12 heteroatoms. The van der Waals surface area contributed by atoms with Crippen LogP contribution in [0.25, 0.3) is 0 Å². The number of carbonyl (C=O) groups is 6. The summed E-state index contributed by atoms with van der Waals surface area (Å²) in [6.07, 6.45) is -0.282. The van der Waals surface area contributed by atoms with E-state index in [0.29, 0.717) is 11.4 Å². The molecule has 6 N–H and O–H groups in total. The van der Waals surface area contributed by atoms with Crippen LogP contribution in [0.2, 0.25) is 0 Å². The number of anilines is 2. The molecular weight excluding hydrogens is 528 g/mol. The molecule has 0 unspecified atom stereocenters. The summed E-state index contributed by atoms with van der Waals surface area (Å²) in [4.78, 5) is 71.8. The van der Waals surface area contributed by atoms with E-state index in [1.807, 2.05) is 52.0 Å². The largest absolute Gasteiger partial charge is 0.326 e. The summed E-state index contributed by atoms with van der Waals surface area (Å²) in [6.45, 7) is 7.66. The maximum Gasteiger partial charge on any atom is 0.238 e. The van der Waals surface area contributed by atoms with E-state index in [9.17, 15) is 28.8 Å². The number of aryl methyl sites for hydroxylation is 4. The lowest BCUT2D eigenvalue weighted by Crippen LogP contribution is -2.42. The number of amides is 6. The Bertz CT molecular complexity index is 1200. The van der Waals surface area contributed by atoms with Crippen LogP contribution in [-0.2, 0) is 28.8 Å². The molecule has 0 aliphatic heterocycles. The van der Waals surface area contributed by atoms with Gasteiger partial charge in [0.25, 0.3) is 0 Å². The van der Waals surface area contributed by atoms with E-state index in [1.54, 1.807) is 12.1 Å². The molecule has 220 valence electrons. The molecule has 12 nitrogen and oxygen atoms in total. The SMILES string of the molecule is Cc1ccc(NC(=O)CCC(=O)NNC(=O)CCCC(=O)NNC(=O)CCC(=O)Nc2ccc(C)cc2C)c(C)c1. The Balaban J connectivity index is 1.53. The van der Waals surface area contributed by atoms with Gasteiger partial charge in [-0.25, -0.2) is 0 Å². The van der Waals surface area contributed by atoms with Crippen molar-refractivity contribution < 1.29 is 28.8 Å². The predicted molar refractivity (Wildman–Crippen MR) is 154 cm³/mol. The second-order valence-electron chi connectivity index (χ2n) is 9.78. The minimum atomic E-state index is -0.530. The Morgan fingerprint density at radius 3 is 1.12 bits per heavy atom. The molecule has 0 bridgehead atoms. The number of rotatable bonds is 12. The Kier molecular flexibility index (Phi) is 13.0. The van der Waals surface area contributed by atoms with E-state index < -0.39 is 23.6 Å². The normalized spacial score (nSPS) is 10.2. The minimum absolute atomic E-state index is 0.0482. The third-order valence-corrected chi connectivity index (χ3v) is 5.96. The van der Waals surface area contributed by atoms with Crippen LogP contribution in [0.5, 0.6) is 0 Å². The Morgan fingerprint density at radius 2 is 0.780 bits per heavy atom. The van der Waals surface area contributed by atoms with Crippen LogP contribution >= 0.6 is 0 Å².